The van der Waals surface area contributed by atoms with Crippen LogP contribution in [0, 0.1) is 16.0 Å². The van der Waals surface area contributed by atoms with E-state index in [1.54, 1.807) is 24.4 Å². The number of aromatic nitrogens is 1. The van der Waals surface area contributed by atoms with Crippen molar-refractivity contribution in [2.45, 2.75) is 13.8 Å². The van der Waals surface area contributed by atoms with E-state index >= 15 is 0 Å². The standard InChI is InChI=1S/C11H14N2O4.C9H8N2OS/c1-7(2)6-12-11(15)8-4-3-5-9(10(8)14)13(16)17;10-7-3-1-2-6(8(7)12)9-11-4-5-13-9/h3-5,7,14H,6H2,1-2H3,(H,12,15);1-5,12H,10H2. The zero-order valence-electron chi connectivity index (χ0n) is 16.4. The number of nitrogens with two attached hydrogens (primary N) is 1. The summed E-state index contributed by atoms with van der Waals surface area (Å²) in [5, 5.41) is 35.0. The van der Waals surface area contributed by atoms with Gasteiger partial charge in [-0.15, -0.1) is 11.3 Å². The van der Waals surface area contributed by atoms with Crippen molar-refractivity contribution < 1.29 is 19.9 Å². The van der Waals surface area contributed by atoms with E-state index in [2.05, 4.69) is 10.3 Å². The largest absolute Gasteiger partial charge is 0.505 e. The summed E-state index contributed by atoms with van der Waals surface area (Å²) in [6.07, 6.45) is 1.70. The van der Waals surface area contributed by atoms with Crippen LogP contribution in [0.2, 0.25) is 0 Å². The van der Waals surface area contributed by atoms with Gasteiger partial charge in [0.1, 0.15) is 10.8 Å². The van der Waals surface area contributed by atoms with Crippen molar-refractivity contribution >= 4 is 28.6 Å². The van der Waals surface area contributed by atoms with Crippen molar-refractivity contribution in [3.05, 3.63) is 63.7 Å². The van der Waals surface area contributed by atoms with Gasteiger partial charge in [-0.05, 0) is 24.1 Å². The van der Waals surface area contributed by atoms with Gasteiger partial charge in [0.15, 0.2) is 0 Å². The maximum absolute atomic E-state index is 11.7. The summed E-state index contributed by atoms with van der Waals surface area (Å²) in [6.45, 7) is 4.29. The number of carbonyl (C=O) groups is 1. The summed E-state index contributed by atoms with van der Waals surface area (Å²) in [4.78, 5) is 25.6. The lowest BCUT2D eigenvalue weighted by atomic mass is 10.1. The van der Waals surface area contributed by atoms with Gasteiger partial charge in [0, 0.05) is 24.2 Å². The molecule has 0 saturated carbocycles. The van der Waals surface area contributed by atoms with Crippen molar-refractivity contribution in [2.24, 2.45) is 5.92 Å². The topological polar surface area (TPSA) is 152 Å². The second kappa shape index (κ2) is 10.2. The Hall–Kier alpha value is -3.66. The van der Waals surface area contributed by atoms with Crippen LogP contribution in [0.5, 0.6) is 11.5 Å². The number of carbonyl (C=O) groups excluding carboxylic acids is 1. The highest BCUT2D eigenvalue weighted by Crippen LogP contribution is 2.34. The van der Waals surface area contributed by atoms with Gasteiger partial charge in [-0.25, -0.2) is 4.98 Å². The molecular weight excluding hydrogens is 408 g/mol. The zero-order chi connectivity index (χ0) is 22.3. The van der Waals surface area contributed by atoms with E-state index in [1.807, 2.05) is 19.2 Å². The minimum Gasteiger partial charge on any atom is -0.505 e. The molecule has 30 heavy (non-hydrogen) atoms. The van der Waals surface area contributed by atoms with Crippen molar-refractivity contribution in [3.63, 3.8) is 0 Å². The molecule has 1 amide bonds. The number of phenolic OH excluding ortho intramolecular Hbond substituents is 2. The van der Waals surface area contributed by atoms with E-state index < -0.39 is 22.3 Å². The maximum Gasteiger partial charge on any atom is 0.311 e. The number of amides is 1. The Morgan fingerprint density at radius 3 is 2.53 bits per heavy atom. The molecule has 10 heteroatoms. The Labute approximate surface area is 177 Å². The van der Waals surface area contributed by atoms with Gasteiger partial charge in [-0.3, -0.25) is 14.9 Å². The molecular formula is C20H22N4O5S. The van der Waals surface area contributed by atoms with Crippen molar-refractivity contribution in [1.29, 1.82) is 0 Å². The van der Waals surface area contributed by atoms with Crippen molar-refractivity contribution in [3.8, 4) is 22.1 Å². The molecule has 0 aliphatic rings. The first kappa shape index (κ1) is 22.6. The molecule has 0 bridgehead atoms. The van der Waals surface area contributed by atoms with Crippen LogP contribution in [-0.2, 0) is 0 Å². The second-order valence-electron chi connectivity index (χ2n) is 6.61. The van der Waals surface area contributed by atoms with Gasteiger partial charge in [-0.1, -0.05) is 26.0 Å². The van der Waals surface area contributed by atoms with Crippen LogP contribution in [0.3, 0.4) is 0 Å². The van der Waals surface area contributed by atoms with Crippen molar-refractivity contribution in [1.82, 2.24) is 10.3 Å². The number of nitrogens with zero attached hydrogens (tertiary/aromatic N) is 2. The van der Waals surface area contributed by atoms with E-state index in [1.165, 1.54) is 23.5 Å². The fourth-order valence-electron chi connectivity index (χ4n) is 2.34. The SMILES string of the molecule is CC(C)CNC(=O)c1cccc([N+](=O)[O-])c1O.Nc1cccc(-c2nccs2)c1O. The zero-order valence-corrected chi connectivity index (χ0v) is 17.2. The molecule has 0 saturated heterocycles. The summed E-state index contributed by atoms with van der Waals surface area (Å²) < 4.78 is 0. The number of hydrogen-bond acceptors (Lipinski definition) is 8. The van der Waals surface area contributed by atoms with Gasteiger partial charge < -0.3 is 21.3 Å². The third-order valence-corrected chi connectivity index (χ3v) is 4.66. The Morgan fingerprint density at radius 1 is 1.23 bits per heavy atom. The summed E-state index contributed by atoms with van der Waals surface area (Å²) in [6, 6.07) is 9.11. The fourth-order valence-corrected chi connectivity index (χ4v) is 3.01. The molecule has 5 N–H and O–H groups in total. The number of thiazole rings is 1. The maximum atomic E-state index is 11.7. The van der Waals surface area contributed by atoms with E-state index in [4.69, 9.17) is 5.73 Å². The van der Waals surface area contributed by atoms with Crippen LogP contribution < -0.4 is 11.1 Å². The lowest BCUT2D eigenvalue weighted by Gasteiger charge is -2.08. The highest BCUT2D eigenvalue weighted by molar-refractivity contribution is 7.13. The summed E-state index contributed by atoms with van der Waals surface area (Å²) >= 11 is 1.47. The number of anilines is 1. The minimum atomic E-state index is -0.728. The first-order chi connectivity index (χ1) is 14.2. The number of rotatable bonds is 5. The summed E-state index contributed by atoms with van der Waals surface area (Å²) in [5.41, 5.74) is 6.07. The third kappa shape index (κ3) is 5.67. The fraction of sp³-hybridized carbons (Fsp3) is 0.200. The van der Waals surface area contributed by atoms with Gasteiger partial charge in [0.2, 0.25) is 5.75 Å². The van der Waals surface area contributed by atoms with Gasteiger partial charge in [0.25, 0.3) is 5.91 Å². The predicted molar refractivity (Wildman–Crippen MR) is 116 cm³/mol. The van der Waals surface area contributed by atoms with Crippen LogP contribution in [0.15, 0.2) is 48.0 Å². The molecule has 2 aromatic carbocycles. The minimum absolute atomic E-state index is 0.0835. The summed E-state index contributed by atoms with van der Waals surface area (Å²) in [7, 11) is 0. The molecule has 0 unspecified atom stereocenters. The molecule has 3 aromatic rings. The lowest BCUT2D eigenvalue weighted by Crippen LogP contribution is -2.27. The third-order valence-electron chi connectivity index (χ3n) is 3.86. The first-order valence-electron chi connectivity index (χ1n) is 8.94. The van der Waals surface area contributed by atoms with Crippen LogP contribution in [0.25, 0.3) is 10.6 Å². The predicted octanol–water partition coefficient (Wildman–Crippen LogP) is 3.78. The van der Waals surface area contributed by atoms with E-state index in [0.717, 1.165) is 11.1 Å². The monoisotopic (exact) mass is 430 g/mol. The van der Waals surface area contributed by atoms with E-state index in [9.17, 15) is 25.1 Å². The number of hydrogen-bond donors (Lipinski definition) is 4. The normalized spacial score (nSPS) is 10.2. The Morgan fingerprint density at radius 2 is 1.93 bits per heavy atom. The lowest BCUT2D eigenvalue weighted by molar-refractivity contribution is -0.385. The van der Waals surface area contributed by atoms with Gasteiger partial charge >= 0.3 is 5.69 Å². The molecule has 9 nitrogen and oxygen atoms in total. The molecule has 1 aromatic heterocycles. The van der Waals surface area contributed by atoms with Crippen LogP contribution in [0.1, 0.15) is 24.2 Å². The van der Waals surface area contributed by atoms with Gasteiger partial charge in [-0.2, -0.15) is 0 Å². The highest BCUT2D eigenvalue weighted by Gasteiger charge is 2.20. The number of benzene rings is 2. The average Bonchev–Trinajstić information content (AvgIpc) is 3.23. The number of phenols is 2. The number of nitrogens with one attached hydrogen (secondary N) is 1. The van der Waals surface area contributed by atoms with Crippen LogP contribution >= 0.6 is 11.3 Å². The second-order valence-corrected chi connectivity index (χ2v) is 7.51. The first-order valence-corrected chi connectivity index (χ1v) is 9.82. The van der Waals surface area contributed by atoms with Crippen molar-refractivity contribution in [2.75, 3.05) is 12.3 Å². The Kier molecular flexibility index (Phi) is 7.70. The number of nitro benzene ring substituents is 1. The number of para-hydroxylation sites is 2. The number of nitro groups is 1. The van der Waals surface area contributed by atoms with Crippen LogP contribution in [-0.4, -0.2) is 32.6 Å². The Bertz CT molecular complexity index is 1020. The molecule has 0 spiro atoms. The van der Waals surface area contributed by atoms with E-state index in [-0.39, 0.29) is 17.2 Å². The summed E-state index contributed by atoms with van der Waals surface area (Å²) in [5.74, 6) is -0.740. The smallest absolute Gasteiger partial charge is 0.311 e. The molecule has 0 fully saturated rings. The molecule has 0 atom stereocenters. The Balaban J connectivity index is 0.000000220. The van der Waals surface area contributed by atoms with E-state index in [0.29, 0.717) is 17.8 Å². The number of nitrogen functional groups attached to an aromatic ring is 1. The molecule has 3 rings (SSSR count). The quantitative estimate of drug-likeness (QED) is 0.208. The average molecular weight is 430 g/mol. The molecule has 158 valence electrons. The molecule has 0 aliphatic heterocycles. The van der Waals surface area contributed by atoms with Crippen LogP contribution in [0.4, 0.5) is 11.4 Å². The highest BCUT2D eigenvalue weighted by atomic mass is 32.1. The van der Waals surface area contributed by atoms with Gasteiger partial charge in [0.05, 0.1) is 21.7 Å². The molecule has 1 heterocycles. The molecule has 0 radical (unpaired) electrons. The molecule has 0 aliphatic carbocycles. The number of aromatic hydroxyl groups is 2.